The van der Waals surface area contributed by atoms with Crippen molar-refractivity contribution in [3.05, 3.63) is 0 Å². The second kappa shape index (κ2) is 4.08. The van der Waals surface area contributed by atoms with E-state index in [4.69, 9.17) is 0 Å². The molecule has 0 bridgehead atoms. The molecule has 3 rings (SSSR count). The SMILES string of the molecule is C1CCC(C2CCC3(CC2)CNC3)CC1. The summed E-state index contributed by atoms with van der Waals surface area (Å²) in [6, 6.07) is 0. The Kier molecular flexibility index (Phi) is 2.76. The van der Waals surface area contributed by atoms with Crippen LogP contribution in [0.25, 0.3) is 0 Å². The molecular formula is C14H25N. The molecule has 15 heavy (non-hydrogen) atoms. The van der Waals surface area contributed by atoms with E-state index in [1.165, 1.54) is 45.2 Å². The summed E-state index contributed by atoms with van der Waals surface area (Å²) in [6.45, 7) is 2.65. The van der Waals surface area contributed by atoms with Gasteiger partial charge in [0, 0.05) is 13.1 Å². The van der Waals surface area contributed by atoms with Crippen LogP contribution in [0.3, 0.4) is 0 Å². The highest BCUT2D eigenvalue weighted by Gasteiger charge is 2.41. The van der Waals surface area contributed by atoms with E-state index in [0.29, 0.717) is 0 Å². The maximum Gasteiger partial charge on any atom is 0.00202 e. The molecular weight excluding hydrogens is 182 g/mol. The molecule has 2 aliphatic carbocycles. The molecule has 0 aromatic carbocycles. The van der Waals surface area contributed by atoms with Crippen LogP contribution in [-0.4, -0.2) is 13.1 Å². The number of hydrogen-bond acceptors (Lipinski definition) is 1. The van der Waals surface area contributed by atoms with Gasteiger partial charge in [0.15, 0.2) is 0 Å². The Morgan fingerprint density at radius 3 is 1.87 bits per heavy atom. The molecule has 0 unspecified atom stereocenters. The Morgan fingerprint density at radius 1 is 0.733 bits per heavy atom. The van der Waals surface area contributed by atoms with Crippen LogP contribution < -0.4 is 5.32 Å². The minimum absolute atomic E-state index is 0.769. The van der Waals surface area contributed by atoms with E-state index in [9.17, 15) is 0 Å². The van der Waals surface area contributed by atoms with E-state index in [-0.39, 0.29) is 0 Å². The molecule has 86 valence electrons. The molecule has 0 aromatic heterocycles. The van der Waals surface area contributed by atoms with Crippen LogP contribution in [0.15, 0.2) is 0 Å². The zero-order valence-corrected chi connectivity index (χ0v) is 9.93. The minimum Gasteiger partial charge on any atom is -0.316 e. The van der Waals surface area contributed by atoms with Crippen LogP contribution >= 0.6 is 0 Å². The molecule has 0 atom stereocenters. The minimum atomic E-state index is 0.769. The van der Waals surface area contributed by atoms with Gasteiger partial charge < -0.3 is 5.32 Å². The van der Waals surface area contributed by atoms with E-state index in [2.05, 4.69) is 5.32 Å². The van der Waals surface area contributed by atoms with Gasteiger partial charge in [-0.2, -0.15) is 0 Å². The van der Waals surface area contributed by atoms with Gasteiger partial charge >= 0.3 is 0 Å². The summed E-state index contributed by atoms with van der Waals surface area (Å²) in [5.74, 6) is 2.22. The van der Waals surface area contributed by atoms with Gasteiger partial charge in [-0.25, -0.2) is 0 Å². The number of hydrogen-bond donors (Lipinski definition) is 1. The highest BCUT2D eigenvalue weighted by molar-refractivity contribution is 4.96. The zero-order valence-electron chi connectivity index (χ0n) is 9.93. The van der Waals surface area contributed by atoms with E-state index >= 15 is 0 Å². The van der Waals surface area contributed by atoms with Gasteiger partial charge in [0.05, 0.1) is 0 Å². The first-order valence-electron chi connectivity index (χ1n) is 7.09. The van der Waals surface area contributed by atoms with Crippen molar-refractivity contribution in [2.75, 3.05) is 13.1 Å². The predicted molar refractivity (Wildman–Crippen MR) is 63.8 cm³/mol. The van der Waals surface area contributed by atoms with Crippen molar-refractivity contribution < 1.29 is 0 Å². The van der Waals surface area contributed by atoms with Crippen molar-refractivity contribution in [1.82, 2.24) is 5.32 Å². The summed E-state index contributed by atoms with van der Waals surface area (Å²) in [7, 11) is 0. The average molecular weight is 207 g/mol. The van der Waals surface area contributed by atoms with Crippen LogP contribution in [0.5, 0.6) is 0 Å². The van der Waals surface area contributed by atoms with Crippen LogP contribution in [0, 0.1) is 17.3 Å². The number of nitrogens with one attached hydrogen (secondary N) is 1. The summed E-state index contributed by atoms with van der Waals surface area (Å²) < 4.78 is 0. The lowest BCUT2D eigenvalue weighted by atomic mass is 9.63. The molecule has 1 N–H and O–H groups in total. The molecule has 1 nitrogen and oxygen atoms in total. The third-order valence-electron chi connectivity index (χ3n) is 5.41. The summed E-state index contributed by atoms with van der Waals surface area (Å²) >= 11 is 0. The molecule has 0 amide bonds. The van der Waals surface area contributed by atoms with Crippen molar-refractivity contribution in [3.8, 4) is 0 Å². The van der Waals surface area contributed by atoms with Crippen LogP contribution in [-0.2, 0) is 0 Å². The van der Waals surface area contributed by atoms with E-state index < -0.39 is 0 Å². The molecule has 3 aliphatic rings. The maximum absolute atomic E-state index is 3.47. The van der Waals surface area contributed by atoms with Gasteiger partial charge in [-0.15, -0.1) is 0 Å². The van der Waals surface area contributed by atoms with E-state index in [1.54, 1.807) is 25.7 Å². The van der Waals surface area contributed by atoms with Gasteiger partial charge in [-0.3, -0.25) is 0 Å². The zero-order chi connectivity index (χ0) is 10.1. The molecule has 1 aliphatic heterocycles. The second-order valence-corrected chi connectivity index (χ2v) is 6.34. The summed E-state index contributed by atoms with van der Waals surface area (Å²) in [5.41, 5.74) is 0.769. The van der Waals surface area contributed by atoms with Gasteiger partial charge in [-0.1, -0.05) is 32.1 Å². The Balaban J connectivity index is 1.52. The van der Waals surface area contributed by atoms with Crippen LogP contribution in [0.1, 0.15) is 57.8 Å². The average Bonchev–Trinajstić information content (AvgIpc) is 2.28. The molecule has 1 heteroatoms. The van der Waals surface area contributed by atoms with Crippen molar-refractivity contribution in [2.24, 2.45) is 17.3 Å². The Morgan fingerprint density at radius 2 is 1.33 bits per heavy atom. The lowest BCUT2D eigenvalue weighted by Crippen LogP contribution is -2.55. The Bertz CT molecular complexity index is 203. The normalized spacial score (nSPS) is 32.8. The van der Waals surface area contributed by atoms with E-state index in [0.717, 1.165) is 17.3 Å². The van der Waals surface area contributed by atoms with Gasteiger partial charge in [0.25, 0.3) is 0 Å². The first kappa shape index (κ1) is 10.1. The molecule has 1 spiro atoms. The Hall–Kier alpha value is -0.0400. The molecule has 1 heterocycles. The van der Waals surface area contributed by atoms with Crippen molar-refractivity contribution in [3.63, 3.8) is 0 Å². The highest BCUT2D eigenvalue weighted by atomic mass is 15.0. The van der Waals surface area contributed by atoms with Crippen molar-refractivity contribution >= 4 is 0 Å². The van der Waals surface area contributed by atoms with Crippen LogP contribution in [0.4, 0.5) is 0 Å². The fourth-order valence-corrected chi connectivity index (χ4v) is 4.16. The largest absolute Gasteiger partial charge is 0.316 e. The van der Waals surface area contributed by atoms with E-state index in [1.807, 2.05) is 0 Å². The number of rotatable bonds is 1. The first-order chi connectivity index (χ1) is 7.38. The first-order valence-corrected chi connectivity index (χ1v) is 7.09. The monoisotopic (exact) mass is 207 g/mol. The smallest absolute Gasteiger partial charge is 0.00202 e. The van der Waals surface area contributed by atoms with Gasteiger partial charge in [-0.05, 0) is 42.9 Å². The van der Waals surface area contributed by atoms with Crippen molar-refractivity contribution in [2.45, 2.75) is 57.8 Å². The lowest BCUT2D eigenvalue weighted by molar-refractivity contribution is 0.0561. The molecule has 0 radical (unpaired) electrons. The fourth-order valence-electron chi connectivity index (χ4n) is 4.16. The third kappa shape index (κ3) is 1.95. The third-order valence-corrected chi connectivity index (χ3v) is 5.41. The van der Waals surface area contributed by atoms with Gasteiger partial charge in [0.1, 0.15) is 0 Å². The van der Waals surface area contributed by atoms with Crippen molar-refractivity contribution in [1.29, 1.82) is 0 Å². The topological polar surface area (TPSA) is 12.0 Å². The standard InChI is InChI=1S/C14H25N/c1-2-4-12(5-3-1)13-6-8-14(9-7-13)10-15-11-14/h12-13,15H,1-11H2. The maximum atomic E-state index is 3.47. The molecule has 0 aromatic rings. The fraction of sp³-hybridized carbons (Fsp3) is 1.00. The summed E-state index contributed by atoms with van der Waals surface area (Å²) in [5, 5.41) is 3.47. The van der Waals surface area contributed by atoms with Gasteiger partial charge in [0.2, 0.25) is 0 Å². The Labute approximate surface area is 94.0 Å². The van der Waals surface area contributed by atoms with Crippen LogP contribution in [0.2, 0.25) is 0 Å². The second-order valence-electron chi connectivity index (χ2n) is 6.34. The molecule has 2 saturated carbocycles. The predicted octanol–water partition coefficient (Wildman–Crippen LogP) is 3.35. The summed E-state index contributed by atoms with van der Waals surface area (Å²) in [6.07, 6.45) is 13.8. The molecule has 3 fully saturated rings. The lowest BCUT2D eigenvalue weighted by Gasteiger charge is -2.49. The summed E-state index contributed by atoms with van der Waals surface area (Å²) in [4.78, 5) is 0. The highest BCUT2D eigenvalue weighted by Crippen LogP contribution is 2.46. The quantitative estimate of drug-likeness (QED) is 0.695. The molecule has 1 saturated heterocycles.